The van der Waals surface area contributed by atoms with E-state index in [1.807, 2.05) is 4.72 Å². The Morgan fingerprint density at radius 1 is 1.40 bits per heavy atom. The Hall–Kier alpha value is -1.27. The summed E-state index contributed by atoms with van der Waals surface area (Å²) in [6.07, 6.45) is 1.30. The van der Waals surface area contributed by atoms with E-state index in [1.54, 1.807) is 0 Å². The molecule has 15 heavy (non-hydrogen) atoms. The number of rotatable bonds is 4. The third-order valence-electron chi connectivity index (χ3n) is 1.60. The lowest BCUT2D eigenvalue weighted by Crippen LogP contribution is -2.24. The predicted molar refractivity (Wildman–Crippen MR) is 51.7 cm³/mol. The standard InChI is InChI=1S/C9H9F2NO2S/c1-2-5-12-15(13,14)9-6-7(10)3-4-8(9)11/h2-4,6,12H,1,5H2. The molecular formula is C9H9F2NO2S. The summed E-state index contributed by atoms with van der Waals surface area (Å²) in [4.78, 5) is -0.704. The summed E-state index contributed by atoms with van der Waals surface area (Å²) in [6, 6.07) is 2.24. The summed E-state index contributed by atoms with van der Waals surface area (Å²) in [5.41, 5.74) is 0. The minimum atomic E-state index is -4.01. The number of halogens is 2. The minimum absolute atomic E-state index is 0.0434. The zero-order chi connectivity index (χ0) is 11.5. The van der Waals surface area contributed by atoms with Crippen LogP contribution in [0, 0.1) is 11.6 Å². The first-order chi connectivity index (χ1) is 6.97. The lowest BCUT2D eigenvalue weighted by Gasteiger charge is -2.05. The van der Waals surface area contributed by atoms with Crippen LogP contribution in [0.2, 0.25) is 0 Å². The molecule has 1 rings (SSSR count). The highest BCUT2D eigenvalue weighted by atomic mass is 32.2. The van der Waals surface area contributed by atoms with E-state index in [4.69, 9.17) is 0 Å². The van der Waals surface area contributed by atoms with Gasteiger partial charge >= 0.3 is 0 Å². The molecule has 0 saturated carbocycles. The van der Waals surface area contributed by atoms with Crippen molar-refractivity contribution in [3.8, 4) is 0 Å². The Labute approximate surface area is 86.5 Å². The number of nitrogens with one attached hydrogen (secondary N) is 1. The topological polar surface area (TPSA) is 46.2 Å². The van der Waals surface area contributed by atoms with Gasteiger partial charge in [0.15, 0.2) is 0 Å². The second-order valence-corrected chi connectivity index (χ2v) is 4.45. The average Bonchev–Trinajstić information content (AvgIpc) is 2.18. The van der Waals surface area contributed by atoms with Crippen LogP contribution in [0.15, 0.2) is 35.7 Å². The van der Waals surface area contributed by atoms with E-state index >= 15 is 0 Å². The highest BCUT2D eigenvalue weighted by molar-refractivity contribution is 7.89. The Morgan fingerprint density at radius 2 is 2.07 bits per heavy atom. The van der Waals surface area contributed by atoms with Crippen molar-refractivity contribution in [3.05, 3.63) is 42.5 Å². The molecule has 0 radical (unpaired) electrons. The molecule has 0 bridgehead atoms. The van der Waals surface area contributed by atoms with E-state index < -0.39 is 26.6 Å². The molecule has 0 aromatic heterocycles. The van der Waals surface area contributed by atoms with Gasteiger partial charge in [-0.2, -0.15) is 0 Å². The molecule has 82 valence electrons. The van der Waals surface area contributed by atoms with Gasteiger partial charge in [0.2, 0.25) is 10.0 Å². The minimum Gasteiger partial charge on any atom is -0.207 e. The van der Waals surface area contributed by atoms with E-state index in [1.165, 1.54) is 6.08 Å². The molecule has 1 N–H and O–H groups in total. The molecule has 0 spiro atoms. The van der Waals surface area contributed by atoms with Gasteiger partial charge in [-0.3, -0.25) is 0 Å². The molecule has 3 nitrogen and oxygen atoms in total. The zero-order valence-electron chi connectivity index (χ0n) is 7.70. The third kappa shape index (κ3) is 2.84. The molecule has 0 amide bonds. The van der Waals surface area contributed by atoms with Crippen LogP contribution >= 0.6 is 0 Å². The highest BCUT2D eigenvalue weighted by Crippen LogP contribution is 2.15. The third-order valence-corrected chi connectivity index (χ3v) is 3.04. The van der Waals surface area contributed by atoms with Gasteiger partial charge < -0.3 is 0 Å². The zero-order valence-corrected chi connectivity index (χ0v) is 8.52. The molecule has 0 aliphatic heterocycles. The van der Waals surface area contributed by atoms with Crippen LogP contribution in [0.1, 0.15) is 0 Å². The van der Waals surface area contributed by atoms with Gasteiger partial charge in [-0.15, -0.1) is 6.58 Å². The fourth-order valence-electron chi connectivity index (χ4n) is 0.930. The molecule has 1 aromatic carbocycles. The molecular weight excluding hydrogens is 224 g/mol. The lowest BCUT2D eigenvalue weighted by molar-refractivity contribution is 0.548. The normalized spacial score (nSPS) is 11.3. The van der Waals surface area contributed by atoms with Crippen molar-refractivity contribution in [1.82, 2.24) is 4.72 Å². The van der Waals surface area contributed by atoms with Crippen LogP contribution in [0.4, 0.5) is 8.78 Å². The first-order valence-electron chi connectivity index (χ1n) is 4.03. The monoisotopic (exact) mass is 233 g/mol. The van der Waals surface area contributed by atoms with Crippen LogP contribution in [-0.4, -0.2) is 15.0 Å². The molecule has 0 aliphatic carbocycles. The van der Waals surface area contributed by atoms with Crippen LogP contribution in [-0.2, 0) is 10.0 Å². The second kappa shape index (κ2) is 4.50. The second-order valence-electron chi connectivity index (χ2n) is 2.72. The summed E-state index contributed by atoms with van der Waals surface area (Å²) < 4.78 is 50.6. The van der Waals surface area contributed by atoms with Gasteiger partial charge in [-0.1, -0.05) is 6.08 Å². The largest absolute Gasteiger partial charge is 0.243 e. The number of sulfonamides is 1. The van der Waals surface area contributed by atoms with Gasteiger partial charge in [0, 0.05) is 6.54 Å². The Bertz CT molecular complexity index is 471. The Balaban J connectivity index is 3.14. The predicted octanol–water partition coefficient (Wildman–Crippen LogP) is 1.43. The summed E-state index contributed by atoms with van der Waals surface area (Å²) in [5, 5.41) is 0. The van der Waals surface area contributed by atoms with Crippen molar-refractivity contribution in [2.75, 3.05) is 6.54 Å². The van der Waals surface area contributed by atoms with Crippen molar-refractivity contribution in [2.24, 2.45) is 0 Å². The van der Waals surface area contributed by atoms with Crippen LogP contribution in [0.25, 0.3) is 0 Å². The van der Waals surface area contributed by atoms with Crippen molar-refractivity contribution in [2.45, 2.75) is 4.90 Å². The maximum Gasteiger partial charge on any atom is 0.243 e. The molecule has 6 heteroatoms. The Kier molecular flexibility index (Phi) is 3.54. The van der Waals surface area contributed by atoms with Gasteiger partial charge in [-0.25, -0.2) is 21.9 Å². The molecule has 0 heterocycles. The van der Waals surface area contributed by atoms with E-state index in [0.29, 0.717) is 6.07 Å². The van der Waals surface area contributed by atoms with Crippen molar-refractivity contribution in [3.63, 3.8) is 0 Å². The maximum atomic E-state index is 13.1. The van der Waals surface area contributed by atoms with E-state index in [2.05, 4.69) is 6.58 Å². The summed E-state index contributed by atoms with van der Waals surface area (Å²) in [7, 11) is -4.01. The summed E-state index contributed by atoms with van der Waals surface area (Å²) in [5.74, 6) is -1.80. The Morgan fingerprint density at radius 3 is 2.67 bits per heavy atom. The van der Waals surface area contributed by atoms with E-state index in [9.17, 15) is 17.2 Å². The van der Waals surface area contributed by atoms with E-state index in [0.717, 1.165) is 12.1 Å². The molecule has 0 saturated heterocycles. The molecule has 0 aliphatic rings. The first kappa shape index (κ1) is 11.8. The number of benzene rings is 1. The van der Waals surface area contributed by atoms with Gasteiger partial charge in [0.05, 0.1) is 0 Å². The quantitative estimate of drug-likeness (QED) is 0.800. The average molecular weight is 233 g/mol. The van der Waals surface area contributed by atoms with E-state index in [-0.39, 0.29) is 6.54 Å². The van der Waals surface area contributed by atoms with Crippen molar-refractivity contribution < 1.29 is 17.2 Å². The molecule has 0 fully saturated rings. The van der Waals surface area contributed by atoms with Crippen LogP contribution < -0.4 is 4.72 Å². The van der Waals surface area contributed by atoms with Gasteiger partial charge in [0.25, 0.3) is 0 Å². The maximum absolute atomic E-state index is 13.1. The summed E-state index contributed by atoms with van der Waals surface area (Å²) >= 11 is 0. The fraction of sp³-hybridized carbons (Fsp3) is 0.111. The van der Waals surface area contributed by atoms with Crippen LogP contribution in [0.5, 0.6) is 0 Å². The summed E-state index contributed by atoms with van der Waals surface area (Å²) in [6.45, 7) is 3.26. The SMILES string of the molecule is C=CCNS(=O)(=O)c1cc(F)ccc1F. The van der Waals surface area contributed by atoms with Crippen molar-refractivity contribution >= 4 is 10.0 Å². The first-order valence-corrected chi connectivity index (χ1v) is 5.51. The molecule has 0 unspecified atom stereocenters. The molecule has 0 atom stereocenters. The van der Waals surface area contributed by atoms with Crippen molar-refractivity contribution in [1.29, 1.82) is 0 Å². The molecule has 1 aromatic rings. The lowest BCUT2D eigenvalue weighted by atomic mass is 10.3. The number of hydrogen-bond acceptors (Lipinski definition) is 2. The highest BCUT2D eigenvalue weighted by Gasteiger charge is 2.18. The van der Waals surface area contributed by atoms with Gasteiger partial charge in [-0.05, 0) is 18.2 Å². The smallest absolute Gasteiger partial charge is 0.207 e. The van der Waals surface area contributed by atoms with Gasteiger partial charge in [0.1, 0.15) is 16.5 Å². The fourth-order valence-corrected chi connectivity index (χ4v) is 2.01. The van der Waals surface area contributed by atoms with Crippen LogP contribution in [0.3, 0.4) is 0 Å². The number of hydrogen-bond donors (Lipinski definition) is 1.